The normalized spacial score (nSPS) is 10.9. The Kier molecular flexibility index (Phi) is 12.7. The molecule has 0 fully saturated rings. The monoisotopic (exact) mass is 566 g/mol. The van der Waals surface area contributed by atoms with E-state index in [1.807, 2.05) is 72.8 Å². The number of rotatable bonds is 12. The average Bonchev–Trinajstić information content (AvgIpc) is 2.93. The van der Waals surface area contributed by atoms with Crippen LogP contribution in [0.15, 0.2) is 84.9 Å². The van der Waals surface area contributed by atoms with Crippen LogP contribution in [0, 0.1) is 0 Å². The molecule has 0 aliphatic heterocycles. The summed E-state index contributed by atoms with van der Waals surface area (Å²) in [5, 5.41) is 3.90. The second-order valence-electron chi connectivity index (χ2n) is 8.58. The Morgan fingerprint density at radius 2 is 0.974 bits per heavy atom. The van der Waals surface area contributed by atoms with Crippen molar-refractivity contribution in [2.75, 3.05) is 26.3 Å². The van der Waals surface area contributed by atoms with Crippen molar-refractivity contribution in [3.63, 3.8) is 0 Å². The minimum absolute atomic E-state index is 0. The zero-order chi connectivity index (χ0) is 26.0. The summed E-state index contributed by atoms with van der Waals surface area (Å²) in [5.41, 5.74) is 9.41. The van der Waals surface area contributed by atoms with Gasteiger partial charge in [-0.15, -0.1) is 0 Å². The molecule has 6 N–H and O–H groups in total. The summed E-state index contributed by atoms with van der Waals surface area (Å²) in [6.07, 6.45) is 6.25. The van der Waals surface area contributed by atoms with Crippen LogP contribution < -0.4 is 45.8 Å². The number of allylic oxidation sites excluding steroid dienone is 2. The summed E-state index contributed by atoms with van der Waals surface area (Å²) >= 11 is 0. The maximum absolute atomic E-state index is 12.5. The fraction of sp³-hybridized carbons (Fsp3) is 0.161. The van der Waals surface area contributed by atoms with Crippen LogP contribution in [-0.4, -0.2) is 37.9 Å². The third-order valence-corrected chi connectivity index (χ3v) is 5.89. The van der Waals surface area contributed by atoms with Crippen molar-refractivity contribution in [3.05, 3.63) is 96.1 Å². The van der Waals surface area contributed by atoms with Crippen LogP contribution in [0.2, 0.25) is 0 Å². The number of benzene rings is 4. The van der Waals surface area contributed by atoms with Gasteiger partial charge in [-0.2, -0.15) is 0 Å². The van der Waals surface area contributed by atoms with Crippen LogP contribution in [0.4, 0.5) is 0 Å². The minimum Gasteiger partial charge on any atom is -1.00 e. The van der Waals surface area contributed by atoms with Gasteiger partial charge in [0.2, 0.25) is 0 Å². The molecule has 0 radical (unpaired) electrons. The molecule has 0 atom stereocenters. The molecule has 4 rings (SSSR count). The number of quaternary nitrogens is 2. The summed E-state index contributed by atoms with van der Waals surface area (Å²) in [4.78, 5) is 25.1. The average molecular weight is 568 g/mol. The fourth-order valence-electron chi connectivity index (χ4n) is 4.15. The number of hydrogen-bond donors (Lipinski definition) is 2. The molecule has 0 bridgehead atoms. The summed E-state index contributed by atoms with van der Waals surface area (Å²) < 4.78 is 11.6. The van der Waals surface area contributed by atoms with Crippen LogP contribution in [0.25, 0.3) is 33.7 Å². The summed E-state index contributed by atoms with van der Waals surface area (Å²) in [6.45, 7) is 2.44. The van der Waals surface area contributed by atoms with Crippen molar-refractivity contribution in [3.8, 4) is 11.5 Å². The van der Waals surface area contributed by atoms with Crippen LogP contribution in [0.1, 0.15) is 17.5 Å². The third kappa shape index (κ3) is 8.15. The Labute approximate surface area is 240 Å². The van der Waals surface area contributed by atoms with E-state index in [-0.39, 0.29) is 42.8 Å². The lowest BCUT2D eigenvalue weighted by molar-refractivity contribution is -0.371. The van der Waals surface area contributed by atoms with Crippen molar-refractivity contribution in [2.45, 2.75) is 6.42 Å². The van der Waals surface area contributed by atoms with Gasteiger partial charge in [-0.05, 0) is 46.2 Å². The molecule has 0 unspecified atom stereocenters. The van der Waals surface area contributed by atoms with Gasteiger partial charge in [0.05, 0.1) is 6.42 Å². The standard InChI is InChI=1S/C31H30N2O4.2ClH/c32-17-19-36-30-15-11-22(26-5-1-3-7-28(26)30)9-13-24(34)21-25(35)14-10-23-12-16-31(37-20-18-33)29-8-4-2-6-27(23)29;;/h1-16H,17-21,32-33H2;2*1H/b13-9+,14-10+;;. The smallest absolute Gasteiger partial charge is 0.163 e. The van der Waals surface area contributed by atoms with E-state index in [1.165, 1.54) is 12.2 Å². The van der Waals surface area contributed by atoms with E-state index in [9.17, 15) is 9.59 Å². The first-order valence-electron chi connectivity index (χ1n) is 12.4. The van der Waals surface area contributed by atoms with Crippen molar-refractivity contribution in [1.29, 1.82) is 0 Å². The van der Waals surface area contributed by atoms with Gasteiger partial charge in [-0.25, -0.2) is 0 Å². The molecule has 0 amide bonds. The molecule has 4 aromatic carbocycles. The lowest BCUT2D eigenvalue weighted by Crippen LogP contribution is -3.00. The predicted molar refractivity (Wildman–Crippen MR) is 147 cm³/mol. The Hall–Kier alpha value is -3.68. The molecule has 4 aromatic rings. The Balaban J connectivity index is 0.00000267. The summed E-state index contributed by atoms with van der Waals surface area (Å²) in [5.74, 6) is 1.07. The zero-order valence-corrected chi connectivity index (χ0v) is 23.1. The van der Waals surface area contributed by atoms with Gasteiger partial charge in [0, 0.05) is 10.8 Å². The van der Waals surface area contributed by atoms with Crippen LogP contribution in [-0.2, 0) is 9.59 Å². The lowest BCUT2D eigenvalue weighted by atomic mass is 10.0. The number of hydrogen-bond acceptors (Lipinski definition) is 4. The van der Waals surface area contributed by atoms with E-state index in [2.05, 4.69) is 11.5 Å². The molecule has 0 heterocycles. The number of carbonyl (C=O) groups excluding carboxylic acids is 2. The molecular formula is C31H32Cl2N2O4. The molecule has 0 saturated carbocycles. The Morgan fingerprint density at radius 1 is 0.590 bits per heavy atom. The summed E-state index contributed by atoms with van der Waals surface area (Å²) in [6, 6.07) is 23.4. The van der Waals surface area contributed by atoms with Crippen molar-refractivity contribution >= 4 is 45.3 Å². The largest absolute Gasteiger partial charge is 1.00 e. The maximum atomic E-state index is 12.5. The first-order chi connectivity index (χ1) is 18.1. The number of fused-ring (bicyclic) bond motifs is 2. The highest BCUT2D eigenvalue weighted by Crippen LogP contribution is 2.30. The molecule has 0 saturated heterocycles. The van der Waals surface area contributed by atoms with Crippen LogP contribution in [0.5, 0.6) is 11.5 Å². The first-order valence-corrected chi connectivity index (χ1v) is 12.4. The molecule has 39 heavy (non-hydrogen) atoms. The number of carbonyl (C=O) groups is 2. The summed E-state index contributed by atoms with van der Waals surface area (Å²) in [7, 11) is 0. The van der Waals surface area contributed by atoms with Crippen molar-refractivity contribution < 1.29 is 55.3 Å². The quantitative estimate of drug-likeness (QED) is 0.146. The molecule has 0 aromatic heterocycles. The van der Waals surface area contributed by atoms with Gasteiger partial charge < -0.3 is 45.8 Å². The van der Waals surface area contributed by atoms with Gasteiger partial charge in [0.1, 0.15) is 37.8 Å². The second kappa shape index (κ2) is 15.7. The van der Waals surface area contributed by atoms with E-state index in [4.69, 9.17) is 9.47 Å². The topological polar surface area (TPSA) is 108 Å². The van der Waals surface area contributed by atoms with E-state index in [0.29, 0.717) is 26.3 Å². The van der Waals surface area contributed by atoms with Crippen molar-refractivity contribution in [2.24, 2.45) is 0 Å². The van der Waals surface area contributed by atoms with Crippen molar-refractivity contribution in [1.82, 2.24) is 0 Å². The van der Waals surface area contributed by atoms with Crippen LogP contribution in [0.3, 0.4) is 0 Å². The first kappa shape index (κ1) is 31.5. The highest BCUT2D eigenvalue weighted by atomic mass is 35.5. The van der Waals surface area contributed by atoms with E-state index in [0.717, 1.165) is 44.2 Å². The van der Waals surface area contributed by atoms with Crippen LogP contribution >= 0.6 is 0 Å². The van der Waals surface area contributed by atoms with E-state index >= 15 is 0 Å². The Morgan fingerprint density at radius 3 is 1.36 bits per heavy atom. The molecule has 8 heteroatoms. The number of ether oxygens (including phenoxy) is 2. The molecule has 0 spiro atoms. The zero-order valence-electron chi connectivity index (χ0n) is 21.6. The highest BCUT2D eigenvalue weighted by molar-refractivity contribution is 6.12. The van der Waals surface area contributed by atoms with Gasteiger partial charge >= 0.3 is 0 Å². The third-order valence-electron chi connectivity index (χ3n) is 5.89. The van der Waals surface area contributed by atoms with E-state index < -0.39 is 0 Å². The Bertz CT molecular complexity index is 1370. The van der Waals surface area contributed by atoms with Gasteiger partial charge in [-0.1, -0.05) is 72.8 Å². The molecule has 0 aliphatic carbocycles. The fourth-order valence-corrected chi connectivity index (χ4v) is 4.15. The number of halogens is 2. The van der Waals surface area contributed by atoms with Gasteiger partial charge in [-0.3, -0.25) is 9.59 Å². The number of ketones is 2. The molecule has 6 nitrogen and oxygen atoms in total. The maximum Gasteiger partial charge on any atom is 0.163 e. The minimum atomic E-state index is -0.252. The molecule has 0 aliphatic rings. The SMILES string of the molecule is [Cl-].[Cl-].[NH3+]CCOc1ccc(/C=C/C(=O)CC(=O)/C=C/c2ccc(OCC[NH3+])c3ccccc23)c2ccccc12. The molecule has 204 valence electrons. The predicted octanol–water partition coefficient (Wildman–Crippen LogP) is -2.50. The molecular weight excluding hydrogens is 535 g/mol. The van der Waals surface area contributed by atoms with Gasteiger partial charge in [0.25, 0.3) is 0 Å². The van der Waals surface area contributed by atoms with Gasteiger partial charge in [0.15, 0.2) is 11.6 Å². The lowest BCUT2D eigenvalue weighted by Gasteiger charge is -2.10. The van der Waals surface area contributed by atoms with E-state index in [1.54, 1.807) is 12.2 Å². The highest BCUT2D eigenvalue weighted by Gasteiger charge is 2.09. The second-order valence-corrected chi connectivity index (χ2v) is 8.58.